The van der Waals surface area contributed by atoms with Gasteiger partial charge in [-0.3, -0.25) is 10.1 Å². The summed E-state index contributed by atoms with van der Waals surface area (Å²) in [5.74, 6) is 0.385. The Morgan fingerprint density at radius 1 is 1.22 bits per heavy atom. The summed E-state index contributed by atoms with van der Waals surface area (Å²) in [4.78, 5) is 35.0. The van der Waals surface area contributed by atoms with E-state index in [0.29, 0.717) is 11.8 Å². The quantitative estimate of drug-likeness (QED) is 0.840. The van der Waals surface area contributed by atoms with Crippen LogP contribution in [0.1, 0.15) is 49.5 Å². The van der Waals surface area contributed by atoms with Gasteiger partial charge in [0.05, 0.1) is 5.39 Å². The third kappa shape index (κ3) is 3.90. The number of ether oxygens (including phenoxy) is 1. The van der Waals surface area contributed by atoms with Crippen LogP contribution < -0.4 is 15.4 Å². The van der Waals surface area contributed by atoms with Gasteiger partial charge in [-0.15, -0.1) is 11.3 Å². The molecule has 4 rings (SSSR count). The van der Waals surface area contributed by atoms with Gasteiger partial charge in [0.1, 0.15) is 11.2 Å². The predicted molar refractivity (Wildman–Crippen MR) is 103 cm³/mol. The normalized spacial score (nSPS) is 21.7. The molecule has 0 spiro atoms. The zero-order valence-corrected chi connectivity index (χ0v) is 16.2. The molecule has 1 fully saturated rings. The zero-order chi connectivity index (χ0) is 18.8. The van der Waals surface area contributed by atoms with Crippen molar-refractivity contribution in [1.82, 2.24) is 20.6 Å². The fraction of sp³-hybridized carbons (Fsp3) is 0.579. The van der Waals surface area contributed by atoms with Gasteiger partial charge in [-0.2, -0.15) is 0 Å². The highest BCUT2D eigenvalue weighted by atomic mass is 32.1. The molecule has 8 heteroatoms. The minimum Gasteiger partial charge on any atom is -0.467 e. The Morgan fingerprint density at radius 2 is 2.07 bits per heavy atom. The Hall–Kier alpha value is -2.22. The molecule has 2 heterocycles. The predicted octanol–water partition coefficient (Wildman–Crippen LogP) is 2.96. The third-order valence-corrected chi connectivity index (χ3v) is 6.69. The van der Waals surface area contributed by atoms with Gasteiger partial charge in [0.15, 0.2) is 6.61 Å². The summed E-state index contributed by atoms with van der Waals surface area (Å²) in [5, 5.41) is 6.18. The largest absolute Gasteiger partial charge is 0.467 e. The number of nitrogens with one attached hydrogen (secondary N) is 2. The molecule has 7 nitrogen and oxygen atoms in total. The average Bonchev–Trinajstić information content (AvgIpc) is 3.23. The first kappa shape index (κ1) is 18.2. The molecule has 2 aliphatic rings. The average molecular weight is 388 g/mol. The summed E-state index contributed by atoms with van der Waals surface area (Å²) in [6.45, 7) is 1.89. The fourth-order valence-corrected chi connectivity index (χ4v) is 5.26. The van der Waals surface area contributed by atoms with Gasteiger partial charge < -0.3 is 10.1 Å². The number of hydrogen-bond donors (Lipinski definition) is 2. The van der Waals surface area contributed by atoms with E-state index in [9.17, 15) is 9.59 Å². The number of carbonyl (C=O) groups excluding carboxylic acids is 2. The molecule has 0 aliphatic heterocycles. The lowest BCUT2D eigenvalue weighted by Gasteiger charge is -2.29. The van der Waals surface area contributed by atoms with E-state index < -0.39 is 11.9 Å². The van der Waals surface area contributed by atoms with E-state index in [2.05, 4.69) is 27.5 Å². The van der Waals surface area contributed by atoms with Crippen LogP contribution in [0.4, 0.5) is 4.79 Å². The lowest BCUT2D eigenvalue weighted by molar-refractivity contribution is -0.122. The highest BCUT2D eigenvalue weighted by molar-refractivity contribution is 7.18. The Balaban J connectivity index is 1.34. The van der Waals surface area contributed by atoms with Gasteiger partial charge in [-0.05, 0) is 43.6 Å². The van der Waals surface area contributed by atoms with E-state index in [0.717, 1.165) is 48.7 Å². The second kappa shape index (κ2) is 7.80. The minimum absolute atomic E-state index is 0.127. The first-order valence-corrected chi connectivity index (χ1v) is 10.4. The number of aromatic nitrogens is 2. The van der Waals surface area contributed by atoms with E-state index in [1.807, 2.05) is 0 Å². The molecule has 144 valence electrons. The van der Waals surface area contributed by atoms with E-state index in [1.165, 1.54) is 23.2 Å². The maximum Gasteiger partial charge on any atom is 0.321 e. The first-order chi connectivity index (χ1) is 13.1. The van der Waals surface area contributed by atoms with Crippen LogP contribution >= 0.6 is 11.3 Å². The fourth-order valence-electron chi connectivity index (χ4n) is 4.04. The smallest absolute Gasteiger partial charge is 0.321 e. The first-order valence-electron chi connectivity index (χ1n) is 9.60. The Bertz CT molecular complexity index is 866. The van der Waals surface area contributed by atoms with Crippen LogP contribution in [-0.2, 0) is 17.6 Å². The number of carbonyl (C=O) groups is 2. The number of amides is 3. The van der Waals surface area contributed by atoms with Crippen LogP contribution in [0.5, 0.6) is 5.88 Å². The molecule has 2 atom stereocenters. The van der Waals surface area contributed by atoms with Gasteiger partial charge in [-0.25, -0.2) is 14.8 Å². The second-order valence-electron chi connectivity index (χ2n) is 7.39. The van der Waals surface area contributed by atoms with Gasteiger partial charge in [0.25, 0.3) is 5.91 Å². The summed E-state index contributed by atoms with van der Waals surface area (Å²) in [5.41, 5.74) is 1.25. The van der Waals surface area contributed by atoms with Crippen molar-refractivity contribution >= 4 is 33.5 Å². The van der Waals surface area contributed by atoms with Crippen molar-refractivity contribution < 1.29 is 14.3 Å². The van der Waals surface area contributed by atoms with E-state index >= 15 is 0 Å². The van der Waals surface area contributed by atoms with Crippen LogP contribution in [0.3, 0.4) is 0 Å². The summed E-state index contributed by atoms with van der Waals surface area (Å²) < 4.78 is 5.64. The summed E-state index contributed by atoms with van der Waals surface area (Å²) in [6, 6.07) is -0.325. The number of fused-ring (bicyclic) bond motifs is 3. The number of thiophene rings is 1. The number of urea groups is 1. The van der Waals surface area contributed by atoms with E-state index in [4.69, 9.17) is 4.74 Å². The summed E-state index contributed by atoms with van der Waals surface area (Å²) in [7, 11) is 0. The van der Waals surface area contributed by atoms with Crippen molar-refractivity contribution in [1.29, 1.82) is 0 Å². The molecular formula is C19H24N4O3S. The highest BCUT2D eigenvalue weighted by Crippen LogP contribution is 2.39. The van der Waals surface area contributed by atoms with Gasteiger partial charge in [0, 0.05) is 10.9 Å². The van der Waals surface area contributed by atoms with Crippen molar-refractivity contribution in [2.75, 3.05) is 6.61 Å². The van der Waals surface area contributed by atoms with Gasteiger partial charge in [0.2, 0.25) is 5.88 Å². The Kier molecular flexibility index (Phi) is 5.24. The summed E-state index contributed by atoms with van der Waals surface area (Å²) in [6.07, 6.45) is 9.03. The third-order valence-electron chi connectivity index (χ3n) is 5.49. The number of imide groups is 1. The zero-order valence-electron chi connectivity index (χ0n) is 15.4. The molecule has 0 radical (unpaired) electrons. The van der Waals surface area contributed by atoms with Crippen molar-refractivity contribution in [3.8, 4) is 5.88 Å². The molecule has 27 heavy (non-hydrogen) atoms. The van der Waals surface area contributed by atoms with Crippen molar-refractivity contribution in [2.45, 2.75) is 57.9 Å². The summed E-state index contributed by atoms with van der Waals surface area (Å²) >= 11 is 1.67. The van der Waals surface area contributed by atoms with E-state index in [-0.39, 0.29) is 12.6 Å². The molecule has 2 aromatic rings. The molecule has 0 aromatic carbocycles. The van der Waals surface area contributed by atoms with Gasteiger partial charge >= 0.3 is 6.03 Å². The lowest BCUT2D eigenvalue weighted by Crippen LogP contribution is -2.48. The maximum absolute atomic E-state index is 12.1. The Labute approximate surface area is 161 Å². The molecule has 2 unspecified atom stereocenters. The molecule has 2 N–H and O–H groups in total. The molecule has 1 saturated carbocycles. The highest BCUT2D eigenvalue weighted by Gasteiger charge is 2.24. The van der Waals surface area contributed by atoms with Crippen molar-refractivity contribution in [3.63, 3.8) is 0 Å². The van der Waals surface area contributed by atoms with E-state index in [1.54, 1.807) is 11.3 Å². The topological polar surface area (TPSA) is 93.2 Å². The SMILES string of the molecule is CC1CCCCC1NC(=O)NC(=O)COc1ncnc2sc3c(c12)CCC3. The van der Waals surface area contributed by atoms with Crippen LogP contribution in [0.25, 0.3) is 10.2 Å². The van der Waals surface area contributed by atoms with Crippen LogP contribution in [-0.4, -0.2) is 34.6 Å². The molecule has 0 bridgehead atoms. The maximum atomic E-state index is 12.1. The van der Waals surface area contributed by atoms with Gasteiger partial charge in [-0.1, -0.05) is 19.8 Å². The molecular weight excluding hydrogens is 364 g/mol. The molecule has 2 aromatic heterocycles. The van der Waals surface area contributed by atoms with Crippen LogP contribution in [0.2, 0.25) is 0 Å². The number of rotatable bonds is 4. The second-order valence-corrected chi connectivity index (χ2v) is 8.48. The standard InChI is InChI=1S/C19H24N4O3S/c1-11-5-2-3-7-13(11)22-19(25)23-15(24)9-26-17-16-12-6-4-8-14(12)27-18(16)21-10-20-17/h10-11,13H,2-9H2,1H3,(H2,22,23,24,25). The van der Waals surface area contributed by atoms with Crippen molar-refractivity contribution in [3.05, 3.63) is 16.8 Å². The monoisotopic (exact) mass is 388 g/mol. The van der Waals surface area contributed by atoms with Crippen LogP contribution in [0, 0.1) is 5.92 Å². The van der Waals surface area contributed by atoms with Crippen molar-refractivity contribution in [2.24, 2.45) is 5.92 Å². The number of hydrogen-bond acceptors (Lipinski definition) is 6. The number of aryl methyl sites for hydroxylation is 2. The number of nitrogens with zero attached hydrogens (tertiary/aromatic N) is 2. The molecule has 3 amide bonds. The van der Waals surface area contributed by atoms with Crippen LogP contribution in [0.15, 0.2) is 6.33 Å². The lowest BCUT2D eigenvalue weighted by atomic mass is 9.86. The minimum atomic E-state index is -0.477. The Morgan fingerprint density at radius 3 is 2.93 bits per heavy atom. The molecule has 2 aliphatic carbocycles. The molecule has 0 saturated heterocycles.